The molecule has 0 N–H and O–H groups in total. The summed E-state index contributed by atoms with van der Waals surface area (Å²) in [6.45, 7) is 0.585. The van der Waals surface area contributed by atoms with Gasteiger partial charge in [0.2, 0.25) is 5.91 Å². The van der Waals surface area contributed by atoms with E-state index in [1.807, 2.05) is 6.26 Å². The molecular formula is C20H21F2NOS. The molecule has 1 amide bonds. The van der Waals surface area contributed by atoms with Crippen molar-refractivity contribution in [3.05, 3.63) is 65.2 Å². The van der Waals surface area contributed by atoms with Gasteiger partial charge in [0.05, 0.1) is 5.69 Å². The number of benzene rings is 2. The van der Waals surface area contributed by atoms with Crippen LogP contribution in [-0.4, -0.2) is 24.5 Å². The van der Waals surface area contributed by atoms with E-state index in [2.05, 4.69) is 0 Å². The zero-order valence-electron chi connectivity index (χ0n) is 14.2. The standard InChI is InChI=1S/C20H21F2NOS/c1-25-12-10-20(24)23-11-2-3-17(14-4-6-15(21)7-5-14)18-9-8-16(22)13-19(18)23/h4-9,13,17H,2-3,10-12H2,1H3. The highest BCUT2D eigenvalue weighted by molar-refractivity contribution is 7.98. The third-order valence-corrected chi connectivity index (χ3v) is 5.24. The van der Waals surface area contributed by atoms with Gasteiger partial charge in [-0.25, -0.2) is 8.78 Å². The zero-order valence-corrected chi connectivity index (χ0v) is 15.0. The normalized spacial score (nSPS) is 17.1. The molecule has 1 unspecified atom stereocenters. The van der Waals surface area contributed by atoms with E-state index < -0.39 is 0 Å². The predicted molar refractivity (Wildman–Crippen MR) is 99.2 cm³/mol. The van der Waals surface area contributed by atoms with Gasteiger partial charge in [-0.05, 0) is 54.5 Å². The Morgan fingerprint density at radius 1 is 1.16 bits per heavy atom. The number of hydrogen-bond donors (Lipinski definition) is 0. The highest BCUT2D eigenvalue weighted by atomic mass is 32.2. The molecule has 0 bridgehead atoms. The van der Waals surface area contributed by atoms with Gasteiger partial charge in [-0.3, -0.25) is 4.79 Å². The quantitative estimate of drug-likeness (QED) is 0.766. The molecule has 2 nitrogen and oxygen atoms in total. The van der Waals surface area contributed by atoms with Crippen molar-refractivity contribution in [3.63, 3.8) is 0 Å². The van der Waals surface area contributed by atoms with Gasteiger partial charge in [-0.15, -0.1) is 0 Å². The minimum atomic E-state index is -0.346. The van der Waals surface area contributed by atoms with Crippen LogP contribution in [0.3, 0.4) is 0 Å². The lowest BCUT2D eigenvalue weighted by Gasteiger charge is -2.24. The fourth-order valence-electron chi connectivity index (χ4n) is 3.40. The number of halogens is 2. The minimum Gasteiger partial charge on any atom is -0.312 e. The van der Waals surface area contributed by atoms with Gasteiger partial charge in [0.1, 0.15) is 11.6 Å². The second-order valence-corrected chi connectivity index (χ2v) is 7.22. The van der Waals surface area contributed by atoms with Crippen LogP contribution in [0, 0.1) is 11.6 Å². The molecule has 0 aromatic heterocycles. The number of carbonyl (C=O) groups excluding carboxylic acids is 1. The van der Waals surface area contributed by atoms with Crippen LogP contribution in [0.4, 0.5) is 14.5 Å². The van der Waals surface area contributed by atoms with E-state index in [0.29, 0.717) is 18.7 Å². The van der Waals surface area contributed by atoms with Crippen LogP contribution >= 0.6 is 11.8 Å². The summed E-state index contributed by atoms with van der Waals surface area (Å²) in [7, 11) is 0. The Hall–Kier alpha value is -1.88. The Labute approximate surface area is 151 Å². The largest absolute Gasteiger partial charge is 0.312 e. The van der Waals surface area contributed by atoms with Gasteiger partial charge in [0.15, 0.2) is 0 Å². The van der Waals surface area contributed by atoms with Crippen molar-refractivity contribution in [2.75, 3.05) is 23.5 Å². The highest BCUT2D eigenvalue weighted by Crippen LogP contribution is 2.39. The Morgan fingerprint density at radius 3 is 2.60 bits per heavy atom. The Bertz CT molecular complexity index is 748. The third kappa shape index (κ3) is 4.03. The van der Waals surface area contributed by atoms with Gasteiger partial charge < -0.3 is 4.90 Å². The lowest BCUT2D eigenvalue weighted by atomic mass is 9.87. The average molecular weight is 361 g/mol. The van der Waals surface area contributed by atoms with Gasteiger partial charge in [0.25, 0.3) is 0 Å². The molecule has 5 heteroatoms. The SMILES string of the molecule is CSCCC(=O)N1CCCC(c2ccc(F)cc2)c2ccc(F)cc21. The summed E-state index contributed by atoms with van der Waals surface area (Å²) in [5, 5.41) is 0. The van der Waals surface area contributed by atoms with E-state index >= 15 is 0 Å². The molecule has 1 aliphatic heterocycles. The Morgan fingerprint density at radius 2 is 1.88 bits per heavy atom. The van der Waals surface area contributed by atoms with E-state index in [-0.39, 0.29) is 23.5 Å². The molecule has 1 aliphatic rings. The first-order valence-electron chi connectivity index (χ1n) is 8.44. The van der Waals surface area contributed by atoms with Crippen molar-refractivity contribution in [1.29, 1.82) is 0 Å². The monoisotopic (exact) mass is 361 g/mol. The number of thioether (sulfide) groups is 1. The molecule has 1 heterocycles. The fourth-order valence-corrected chi connectivity index (χ4v) is 3.78. The third-order valence-electron chi connectivity index (χ3n) is 4.63. The van der Waals surface area contributed by atoms with Crippen molar-refractivity contribution in [2.45, 2.75) is 25.2 Å². The first kappa shape index (κ1) is 17.9. The van der Waals surface area contributed by atoms with Gasteiger partial charge in [0, 0.05) is 24.6 Å². The molecule has 2 aromatic rings. The first-order chi connectivity index (χ1) is 12.1. The van der Waals surface area contributed by atoms with Crippen LogP contribution in [0.1, 0.15) is 36.3 Å². The minimum absolute atomic E-state index is 0.0287. The van der Waals surface area contributed by atoms with Crippen LogP contribution in [0.15, 0.2) is 42.5 Å². The Kier molecular flexibility index (Phi) is 5.74. The number of nitrogens with zero attached hydrogens (tertiary/aromatic N) is 1. The van der Waals surface area contributed by atoms with Gasteiger partial charge >= 0.3 is 0 Å². The van der Waals surface area contributed by atoms with E-state index in [1.54, 1.807) is 34.9 Å². The maximum Gasteiger partial charge on any atom is 0.227 e. The molecule has 2 aromatic carbocycles. The van der Waals surface area contributed by atoms with Crippen molar-refractivity contribution in [1.82, 2.24) is 0 Å². The van der Waals surface area contributed by atoms with Crippen molar-refractivity contribution >= 4 is 23.4 Å². The van der Waals surface area contributed by atoms with Crippen LogP contribution < -0.4 is 4.90 Å². The van der Waals surface area contributed by atoms with Crippen LogP contribution in [-0.2, 0) is 4.79 Å². The van der Waals surface area contributed by atoms with Crippen molar-refractivity contribution in [3.8, 4) is 0 Å². The number of carbonyl (C=O) groups is 1. The molecule has 0 saturated carbocycles. The van der Waals surface area contributed by atoms with Crippen molar-refractivity contribution in [2.24, 2.45) is 0 Å². The molecule has 0 saturated heterocycles. The number of anilines is 1. The number of amides is 1. The second-order valence-electron chi connectivity index (χ2n) is 6.24. The van der Waals surface area contributed by atoms with E-state index in [9.17, 15) is 13.6 Å². The van der Waals surface area contributed by atoms with Gasteiger partial charge in [-0.1, -0.05) is 18.2 Å². The maximum atomic E-state index is 13.9. The van der Waals surface area contributed by atoms with E-state index in [0.717, 1.165) is 29.7 Å². The molecule has 0 radical (unpaired) electrons. The smallest absolute Gasteiger partial charge is 0.227 e. The molecule has 132 valence electrons. The lowest BCUT2D eigenvalue weighted by molar-refractivity contribution is -0.118. The van der Waals surface area contributed by atoms with Crippen LogP contribution in [0.25, 0.3) is 0 Å². The zero-order chi connectivity index (χ0) is 17.8. The lowest BCUT2D eigenvalue weighted by Crippen LogP contribution is -2.32. The predicted octanol–water partition coefficient (Wildman–Crippen LogP) is 4.98. The summed E-state index contributed by atoms with van der Waals surface area (Å²) in [4.78, 5) is 14.3. The molecule has 0 fully saturated rings. The van der Waals surface area contributed by atoms with Crippen LogP contribution in [0.5, 0.6) is 0 Å². The van der Waals surface area contributed by atoms with Crippen LogP contribution in [0.2, 0.25) is 0 Å². The summed E-state index contributed by atoms with van der Waals surface area (Å²) in [5.41, 5.74) is 2.58. The maximum absolute atomic E-state index is 13.9. The Balaban J connectivity index is 2.00. The molecule has 0 spiro atoms. The molecule has 25 heavy (non-hydrogen) atoms. The molecule has 0 aliphatic carbocycles. The van der Waals surface area contributed by atoms with E-state index in [1.165, 1.54) is 24.3 Å². The van der Waals surface area contributed by atoms with E-state index in [4.69, 9.17) is 0 Å². The summed E-state index contributed by atoms with van der Waals surface area (Å²) in [5.74, 6) is 0.198. The average Bonchev–Trinajstić information content (AvgIpc) is 2.79. The first-order valence-corrected chi connectivity index (χ1v) is 9.83. The molecule has 1 atom stereocenters. The number of fused-ring (bicyclic) bond motifs is 1. The number of hydrogen-bond acceptors (Lipinski definition) is 2. The molecular weight excluding hydrogens is 340 g/mol. The summed E-state index contributed by atoms with van der Waals surface area (Å²) < 4.78 is 27.2. The number of rotatable bonds is 4. The summed E-state index contributed by atoms with van der Waals surface area (Å²) in [6, 6.07) is 11.1. The van der Waals surface area contributed by atoms with Gasteiger partial charge in [-0.2, -0.15) is 11.8 Å². The van der Waals surface area contributed by atoms with Crippen molar-refractivity contribution < 1.29 is 13.6 Å². The summed E-state index contributed by atoms with van der Waals surface area (Å²) >= 11 is 1.63. The summed E-state index contributed by atoms with van der Waals surface area (Å²) in [6.07, 6.45) is 4.08. The fraction of sp³-hybridized carbons (Fsp3) is 0.350. The highest BCUT2D eigenvalue weighted by Gasteiger charge is 2.27. The second kappa shape index (κ2) is 8.00. The topological polar surface area (TPSA) is 20.3 Å². The molecule has 3 rings (SSSR count).